The number of rotatable bonds is 8. The number of hydrogen-bond acceptors (Lipinski definition) is 0. The summed E-state index contributed by atoms with van der Waals surface area (Å²) in [6.07, 6.45) is 13.3. The molecule has 2 fully saturated rings. The van der Waals surface area contributed by atoms with Crippen molar-refractivity contribution in [2.24, 2.45) is 11.8 Å². The van der Waals surface area contributed by atoms with E-state index in [0.29, 0.717) is 0 Å². The number of hydrogen-bond donors (Lipinski definition) is 0. The van der Waals surface area contributed by atoms with Gasteiger partial charge in [0.1, 0.15) is 0 Å². The van der Waals surface area contributed by atoms with Crippen molar-refractivity contribution in [3.63, 3.8) is 0 Å². The van der Waals surface area contributed by atoms with Gasteiger partial charge < -0.3 is 24.8 Å². The summed E-state index contributed by atoms with van der Waals surface area (Å²) in [7, 11) is 0. The normalized spacial score (nSPS) is 13.5. The Morgan fingerprint density at radius 2 is 0.500 bits per heavy atom. The van der Waals surface area contributed by atoms with E-state index >= 15 is 0 Å². The molecule has 2 saturated carbocycles. The van der Waals surface area contributed by atoms with E-state index in [2.05, 4.69) is 280 Å². The second-order valence-electron chi connectivity index (χ2n) is 26.2. The van der Waals surface area contributed by atoms with Gasteiger partial charge in [-0.2, -0.15) is 12.1 Å². The molecule has 16 aromatic carbocycles. The van der Waals surface area contributed by atoms with Crippen molar-refractivity contribution in [1.82, 2.24) is 0 Å². The van der Waals surface area contributed by atoms with E-state index in [-0.39, 0.29) is 30.2 Å². The first-order valence-corrected chi connectivity index (χ1v) is 39.2. The van der Waals surface area contributed by atoms with Gasteiger partial charge in [0.25, 0.3) is 0 Å². The molecule has 2 aliphatic carbocycles. The van der Waals surface area contributed by atoms with Gasteiger partial charge in [0.15, 0.2) is 0 Å². The Kier molecular flexibility index (Phi) is 17.8. The van der Waals surface area contributed by atoms with Crippen LogP contribution < -0.4 is 24.8 Å². The van der Waals surface area contributed by atoms with Crippen molar-refractivity contribution >= 4 is 113 Å². The van der Waals surface area contributed by atoms with E-state index in [1.807, 2.05) is 0 Å². The minimum atomic E-state index is 0. The summed E-state index contributed by atoms with van der Waals surface area (Å²) in [6, 6.07) is 100. The molecular weight excluding hydrogens is 1250 g/mol. The van der Waals surface area contributed by atoms with E-state index in [4.69, 9.17) is 0 Å². The van der Waals surface area contributed by atoms with Crippen LogP contribution in [0.1, 0.15) is 62.5 Å². The van der Waals surface area contributed by atoms with E-state index in [9.17, 15) is 0 Å². The Labute approximate surface area is 568 Å². The Balaban J connectivity index is 0.000000148. The maximum absolute atomic E-state index is 2.54. The summed E-state index contributed by atoms with van der Waals surface area (Å²) in [4.78, 5) is 0. The van der Waals surface area contributed by atoms with Gasteiger partial charge in [-0.1, -0.05) is 292 Å². The van der Waals surface area contributed by atoms with Gasteiger partial charge in [0.05, 0.1) is 0 Å². The summed E-state index contributed by atoms with van der Waals surface area (Å²) in [5.74, 6) is 1.61. The van der Waals surface area contributed by atoms with Gasteiger partial charge in [-0.05, 0) is 157 Å². The van der Waals surface area contributed by atoms with Crippen LogP contribution in [0, 0.1) is 11.8 Å². The summed E-state index contributed by atoms with van der Waals surface area (Å²) < 4.78 is 0. The molecule has 0 aliphatic heterocycles. The molecule has 0 N–H and O–H groups in total. The topological polar surface area (TPSA) is 0 Å². The van der Waals surface area contributed by atoms with Gasteiger partial charge in [-0.15, -0.1) is 44.8 Å². The Hall–Kier alpha value is -7.94. The average Bonchev–Trinajstić information content (AvgIpc) is 1.28. The Morgan fingerprint density at radius 1 is 0.293 bits per heavy atom. The van der Waals surface area contributed by atoms with Gasteiger partial charge in [-0.3, -0.25) is 0 Å². The maximum atomic E-state index is 2.54. The fraction of sp³-hybridized carbons (Fsp3) is 0.159. The minimum Gasteiger partial charge on any atom is -1.00 e. The molecule has 0 nitrogen and oxygen atoms in total. The van der Waals surface area contributed by atoms with E-state index < -0.39 is 0 Å². The molecule has 0 radical (unpaired) electrons. The molecule has 2 aliphatic rings. The molecule has 0 heterocycles. The van der Waals surface area contributed by atoms with Gasteiger partial charge >= 0.3 is 41.9 Å². The van der Waals surface area contributed by atoms with Crippen molar-refractivity contribution < 1.29 is 48.1 Å². The molecule has 0 atom stereocenters. The first-order valence-electron chi connectivity index (χ1n) is 33.0. The monoisotopic (exact) mass is 1320 g/mol. The van der Waals surface area contributed by atoms with E-state index in [0.717, 1.165) is 11.8 Å². The SMILES string of the molecule is C[Si](C)=[Zr+2].[Cl-].[Cl-].c1ccc2c(-c3ccc(-c4c5ccccc5cc5ccccc45)c4[cH-]c(CC5CCCC5)cc34)c3ccccc3cc2c1.c1ccc2c(-c3ccc(-c4c5ccccc5cc5ccccc45)c4[cH-]c(CC5CCCC5)cc34)c3ccccc3cc2c1. The van der Waals surface area contributed by atoms with Gasteiger partial charge in [0.2, 0.25) is 0 Å². The average molecular weight is 1320 g/mol. The van der Waals surface area contributed by atoms with Crippen LogP contribution in [0.5, 0.6) is 0 Å². The molecule has 16 aromatic rings. The largest absolute Gasteiger partial charge is 1.00 e. The number of fused-ring (bicyclic) bond motifs is 10. The number of benzene rings is 14. The van der Waals surface area contributed by atoms with Crippen LogP contribution in [-0.2, 0) is 36.2 Å². The standard InChI is InChI=1S/2C43H33.C2H6Si.2ClH.Zr/c2*1-2-12-28(11-1)23-29-24-40-38(42-34-17-7-3-13-30(34)26-31-14-4-8-18-35(31)42)21-22-39(41(40)25-29)43-36-19-9-5-15-32(36)27-33-16-6-10-20-37(33)43;1-3-2;;;/h2*3-10,13-22,24-28H,1-2,11-12,23H2;1-2H3;2*1H;/q2*-1;;;;+2/p-2. The van der Waals surface area contributed by atoms with Crippen LogP contribution in [0.3, 0.4) is 0 Å². The third-order valence-electron chi connectivity index (χ3n) is 20.1. The zero-order chi connectivity index (χ0) is 60.2. The second-order valence-corrected chi connectivity index (χ2v) is 35.6. The third-order valence-corrected chi connectivity index (χ3v) is 20.1. The molecule has 92 heavy (non-hydrogen) atoms. The Bertz CT molecular complexity index is 4590. The number of halogens is 2. The smallest absolute Gasteiger partial charge is 0.0107 e. The predicted molar refractivity (Wildman–Crippen MR) is 390 cm³/mol. The summed E-state index contributed by atoms with van der Waals surface area (Å²) in [5, 5.41) is 26.5. The molecule has 0 unspecified atom stereocenters. The first-order chi connectivity index (χ1) is 44.4. The molecule has 0 saturated heterocycles. The van der Waals surface area contributed by atoms with Crippen LogP contribution in [-0.4, -0.2) is 5.43 Å². The molecule has 4 heteroatoms. The third kappa shape index (κ3) is 11.6. The molecular formula is C88H72Cl2SiZr-2. The van der Waals surface area contributed by atoms with Crippen LogP contribution in [0.2, 0.25) is 13.1 Å². The van der Waals surface area contributed by atoms with Crippen LogP contribution >= 0.6 is 0 Å². The van der Waals surface area contributed by atoms with Gasteiger partial charge in [-0.25, -0.2) is 0 Å². The molecule has 0 amide bonds. The summed E-state index contributed by atoms with van der Waals surface area (Å²) in [5.41, 5.74) is 14.0. The Morgan fingerprint density at radius 3 is 0.739 bits per heavy atom. The zero-order valence-corrected chi connectivity index (χ0v) is 57.4. The summed E-state index contributed by atoms with van der Waals surface area (Å²) >= 11 is 1.74. The van der Waals surface area contributed by atoms with E-state index in [1.54, 1.807) is 23.3 Å². The van der Waals surface area contributed by atoms with Crippen LogP contribution in [0.15, 0.2) is 267 Å². The van der Waals surface area contributed by atoms with Crippen LogP contribution in [0.25, 0.3) is 152 Å². The van der Waals surface area contributed by atoms with Crippen molar-refractivity contribution in [3.8, 4) is 44.5 Å². The summed E-state index contributed by atoms with van der Waals surface area (Å²) in [6.45, 7) is 4.62. The maximum Gasteiger partial charge on any atom is -0.0107 e. The molecule has 0 spiro atoms. The molecule has 448 valence electrons. The van der Waals surface area contributed by atoms with E-state index in [1.165, 1.54) is 228 Å². The fourth-order valence-electron chi connectivity index (χ4n) is 16.1. The van der Waals surface area contributed by atoms with Crippen LogP contribution in [0.4, 0.5) is 0 Å². The van der Waals surface area contributed by atoms with Crippen molar-refractivity contribution in [1.29, 1.82) is 0 Å². The van der Waals surface area contributed by atoms with Crippen molar-refractivity contribution in [2.45, 2.75) is 77.3 Å². The first kappa shape index (κ1) is 61.6. The minimum absolute atomic E-state index is 0. The van der Waals surface area contributed by atoms with Crippen molar-refractivity contribution in [2.75, 3.05) is 0 Å². The quantitative estimate of drug-likeness (QED) is 0.0808. The second kappa shape index (κ2) is 26.6. The molecule has 0 aromatic heterocycles. The molecule has 18 rings (SSSR count). The van der Waals surface area contributed by atoms with Crippen molar-refractivity contribution in [3.05, 3.63) is 278 Å². The molecule has 0 bridgehead atoms. The fourth-order valence-corrected chi connectivity index (χ4v) is 16.1. The van der Waals surface area contributed by atoms with Gasteiger partial charge in [0, 0.05) is 0 Å². The predicted octanol–water partition coefficient (Wildman–Crippen LogP) is 19.3. The zero-order valence-electron chi connectivity index (χ0n) is 52.4.